The fraction of sp³-hybridized carbons (Fsp3) is 0.704. The fourth-order valence-electron chi connectivity index (χ4n) is 11.4. The maximum absolute atomic E-state index is 14.2. The Hall–Kier alpha value is -5.76. The number of rotatable bonds is 54. The minimum Gasteiger partial charge on any atom is -0.421 e. The summed E-state index contributed by atoms with van der Waals surface area (Å²) in [4.78, 5) is 85.4. The first-order valence-corrected chi connectivity index (χ1v) is 38.3. The molecule has 99 heavy (non-hydrogen) atoms. The highest BCUT2D eigenvalue weighted by Crippen LogP contribution is 2.42. The van der Waals surface area contributed by atoms with Gasteiger partial charge in [-0.1, -0.05) is 196 Å². The number of esters is 6. The van der Waals surface area contributed by atoms with E-state index in [1.54, 1.807) is 77.9 Å². The van der Waals surface area contributed by atoms with Crippen LogP contribution < -0.4 is 28.4 Å². The van der Waals surface area contributed by atoms with E-state index in [9.17, 15) is 28.8 Å². The number of hydrogen-bond acceptors (Lipinski definition) is 18. The van der Waals surface area contributed by atoms with Crippen molar-refractivity contribution in [3.8, 4) is 34.5 Å². The van der Waals surface area contributed by atoms with Gasteiger partial charge in [0.05, 0.1) is 0 Å². The molecule has 18 heteroatoms. The summed E-state index contributed by atoms with van der Waals surface area (Å²) in [6.45, 7) is 24.6. The van der Waals surface area contributed by atoms with Crippen molar-refractivity contribution in [3.63, 3.8) is 0 Å². The Morgan fingerprint density at radius 2 is 0.364 bits per heavy atom. The molecule has 1 aliphatic rings. The van der Waals surface area contributed by atoms with Crippen molar-refractivity contribution in [2.45, 2.75) is 332 Å². The molecule has 0 radical (unpaired) electrons. The van der Waals surface area contributed by atoms with E-state index >= 15 is 0 Å². The summed E-state index contributed by atoms with van der Waals surface area (Å²) in [7, 11) is 0. The quantitative estimate of drug-likeness (QED) is 0.0228. The molecule has 0 spiro atoms. The lowest BCUT2D eigenvalue weighted by atomic mass is 9.94. The number of unbranched alkanes of at least 4 members (excludes halogenated alkanes) is 24. The Morgan fingerprint density at radius 3 is 0.495 bits per heavy atom. The van der Waals surface area contributed by atoms with Crippen LogP contribution in [0.4, 0.5) is 0 Å². The number of carbonyl (C=O) groups excluding carboxylic acids is 6. The molecule has 4 rings (SSSR count). The van der Waals surface area contributed by atoms with E-state index < -0.39 is 72.4 Å². The van der Waals surface area contributed by atoms with E-state index in [2.05, 4.69) is 41.5 Å². The second kappa shape index (κ2) is 50.6. The highest BCUT2D eigenvalue weighted by Gasteiger charge is 2.31. The number of hydrogen-bond donors (Lipinski definition) is 0. The molecule has 6 atom stereocenters. The van der Waals surface area contributed by atoms with E-state index in [0.29, 0.717) is 73.0 Å². The van der Waals surface area contributed by atoms with Crippen LogP contribution in [0.25, 0.3) is 0 Å². The summed E-state index contributed by atoms with van der Waals surface area (Å²) in [5.41, 5.74) is 3.53. The molecule has 0 amide bonds. The van der Waals surface area contributed by atoms with E-state index in [0.717, 1.165) is 193 Å². The van der Waals surface area contributed by atoms with Gasteiger partial charge >= 0.3 is 35.8 Å². The van der Waals surface area contributed by atoms with E-state index in [1.165, 1.54) is 0 Å². The molecule has 0 saturated carbocycles. The summed E-state index contributed by atoms with van der Waals surface area (Å²) in [6.07, 6.45) is 24.0. The van der Waals surface area contributed by atoms with Crippen molar-refractivity contribution < 1.29 is 85.6 Å². The Kier molecular flexibility index (Phi) is 43.7. The second-order valence-corrected chi connectivity index (χ2v) is 26.8. The minimum absolute atomic E-state index is 0.0657. The Labute approximate surface area is 594 Å². The lowest BCUT2D eigenvalue weighted by Gasteiger charge is -2.20. The molecule has 0 heterocycles. The van der Waals surface area contributed by atoms with Crippen LogP contribution in [0, 0.1) is 0 Å². The van der Waals surface area contributed by atoms with Crippen LogP contribution in [0.2, 0.25) is 0 Å². The molecule has 558 valence electrons. The fourth-order valence-corrected chi connectivity index (χ4v) is 11.4. The average molecular weight is 1390 g/mol. The van der Waals surface area contributed by atoms with Crippen LogP contribution in [0.5, 0.6) is 34.5 Å². The van der Waals surface area contributed by atoms with Gasteiger partial charge in [0.25, 0.3) is 0 Å². The summed E-state index contributed by atoms with van der Waals surface area (Å²) < 4.78 is 73.6. The molecule has 0 N–H and O–H groups in total. The van der Waals surface area contributed by atoms with Gasteiger partial charge in [0.2, 0.25) is 0 Å². The van der Waals surface area contributed by atoms with Crippen molar-refractivity contribution in [2.24, 2.45) is 0 Å². The zero-order valence-corrected chi connectivity index (χ0v) is 62.9. The molecule has 18 nitrogen and oxygen atoms in total. The third-order valence-electron chi connectivity index (χ3n) is 17.9. The molecule has 0 fully saturated rings. The van der Waals surface area contributed by atoms with Crippen molar-refractivity contribution >= 4 is 35.8 Å². The van der Waals surface area contributed by atoms with Gasteiger partial charge < -0.3 is 56.8 Å². The second-order valence-electron chi connectivity index (χ2n) is 26.8. The van der Waals surface area contributed by atoms with Gasteiger partial charge in [-0.25, -0.2) is 28.8 Å². The standard InChI is InChI=1S/C81H126O18/c1-13-19-25-31-37-43-88-58(7)76(82)94-70-52-64-49-66-54-72(96-78(84)60(9)90-45-39-33-27-21-15-3)74(98-80(86)62(11)92-47-41-35-29-23-17-5)56-68(66)51-69-57-75(99-81(87)63(12)93-48-42-36-30-24-18-6)73(97-79(85)61(10)91-46-40-34-28-22-16-4)55-67(69)50-65(64)53-71(70)95-77(83)59(8)89-44-38-32-26-20-14-2/h52-63H,13-51H2,1-12H3/t58-,59-,60-,61-,62-,63-/m0/s1. The van der Waals surface area contributed by atoms with E-state index in [-0.39, 0.29) is 53.8 Å². The van der Waals surface area contributed by atoms with Gasteiger partial charge in [-0.2, -0.15) is 0 Å². The molecule has 3 aromatic rings. The number of carbonyl (C=O) groups is 6. The Balaban J connectivity index is 2.02. The van der Waals surface area contributed by atoms with Crippen molar-refractivity contribution in [3.05, 3.63) is 69.8 Å². The molecule has 0 unspecified atom stereocenters. The van der Waals surface area contributed by atoms with Crippen LogP contribution in [-0.2, 0) is 76.5 Å². The van der Waals surface area contributed by atoms with Crippen LogP contribution in [0.1, 0.15) is 309 Å². The van der Waals surface area contributed by atoms with Gasteiger partial charge in [0.15, 0.2) is 71.1 Å². The zero-order chi connectivity index (χ0) is 72.2. The number of ether oxygens (including phenoxy) is 12. The molecule has 0 saturated heterocycles. The number of benzene rings is 3. The van der Waals surface area contributed by atoms with Crippen molar-refractivity contribution in [1.82, 2.24) is 0 Å². The van der Waals surface area contributed by atoms with Gasteiger partial charge in [-0.05, 0) is 169 Å². The third kappa shape index (κ3) is 33.3. The Morgan fingerprint density at radius 1 is 0.232 bits per heavy atom. The topological polar surface area (TPSA) is 213 Å². The predicted octanol–water partition coefficient (Wildman–Crippen LogP) is 18.5. The zero-order valence-electron chi connectivity index (χ0n) is 62.9. The molecule has 0 aliphatic heterocycles. The average Bonchev–Trinajstić information content (AvgIpc) is 1.75. The first kappa shape index (κ1) is 85.7. The maximum atomic E-state index is 14.2. The highest BCUT2D eigenvalue weighted by molar-refractivity contribution is 5.83. The van der Waals surface area contributed by atoms with E-state index in [1.807, 2.05) is 0 Å². The summed E-state index contributed by atoms with van der Waals surface area (Å²) in [5, 5.41) is 0. The van der Waals surface area contributed by atoms with Crippen molar-refractivity contribution in [1.29, 1.82) is 0 Å². The van der Waals surface area contributed by atoms with Gasteiger partial charge in [-0.3, -0.25) is 0 Å². The lowest BCUT2D eigenvalue weighted by Crippen LogP contribution is -2.28. The normalized spacial score (nSPS) is 13.8. The molecular formula is C81H126O18. The van der Waals surface area contributed by atoms with Gasteiger partial charge in [-0.15, -0.1) is 0 Å². The first-order chi connectivity index (χ1) is 47.9. The largest absolute Gasteiger partial charge is 0.421 e. The highest BCUT2D eigenvalue weighted by atomic mass is 16.6. The maximum Gasteiger partial charge on any atom is 0.340 e. The molecular weight excluding hydrogens is 1260 g/mol. The third-order valence-corrected chi connectivity index (χ3v) is 17.9. The summed E-state index contributed by atoms with van der Waals surface area (Å²) in [6, 6.07) is 9.93. The summed E-state index contributed by atoms with van der Waals surface area (Å²) >= 11 is 0. The van der Waals surface area contributed by atoms with Crippen molar-refractivity contribution in [2.75, 3.05) is 39.6 Å². The molecule has 0 aromatic heterocycles. The van der Waals surface area contributed by atoms with Crippen LogP contribution in [0.3, 0.4) is 0 Å². The number of fused-ring (bicyclic) bond motifs is 3. The van der Waals surface area contributed by atoms with Crippen LogP contribution in [0.15, 0.2) is 36.4 Å². The minimum atomic E-state index is -0.995. The van der Waals surface area contributed by atoms with Gasteiger partial charge in [0.1, 0.15) is 0 Å². The SMILES string of the molecule is CCCCCCCO[C@@H](C)C(=O)Oc1cc2c(cc1OC(=O)[C@H](C)OCCCCCCC)Cc1cc(OC(=O)[C@H](C)OCCCCCCC)c(OC(=O)[C@H](C)OCCCCCCC)cc1Cc1cc(OC(=O)[C@H](C)OCCCCCCC)c(OC(=O)[C@H](C)OCCCCCCC)cc1C2. The van der Waals surface area contributed by atoms with Crippen LogP contribution in [-0.4, -0.2) is 112 Å². The smallest absolute Gasteiger partial charge is 0.340 e. The molecule has 3 aromatic carbocycles. The van der Waals surface area contributed by atoms with Crippen LogP contribution >= 0.6 is 0 Å². The monoisotopic (exact) mass is 1390 g/mol. The summed E-state index contributed by atoms with van der Waals surface area (Å²) in [5.74, 6) is -4.68. The Bertz CT molecular complexity index is 2350. The lowest BCUT2D eigenvalue weighted by molar-refractivity contribution is -0.149. The molecule has 0 bridgehead atoms. The molecule has 1 aliphatic carbocycles. The van der Waals surface area contributed by atoms with Gasteiger partial charge in [0, 0.05) is 39.6 Å². The first-order valence-electron chi connectivity index (χ1n) is 38.3. The van der Waals surface area contributed by atoms with E-state index in [4.69, 9.17) is 56.8 Å². The predicted molar refractivity (Wildman–Crippen MR) is 387 cm³/mol.